The summed E-state index contributed by atoms with van der Waals surface area (Å²) in [6.45, 7) is -0.506. The molecule has 2 aromatic rings. The number of rotatable bonds is 6. The average molecular weight is 543 g/mol. The van der Waals surface area contributed by atoms with Gasteiger partial charge < -0.3 is 5.32 Å². The third-order valence-electron chi connectivity index (χ3n) is 5.32. The van der Waals surface area contributed by atoms with Crippen molar-refractivity contribution in [3.8, 4) is 0 Å². The van der Waals surface area contributed by atoms with Gasteiger partial charge in [0.25, 0.3) is 0 Å². The standard InChI is InChI=1S/C20H19ClF4N2O5S2/c21-14-5-6-17(18(11-14)33(29,30)16-4-2-1-3-15(16)22)34(31,32)27-9-7-13(8-10-27)12-26-19(28)20(23,24)25/h1-6,11,13H,7-10,12H2,(H,26,28). The van der Waals surface area contributed by atoms with E-state index in [0.29, 0.717) is 0 Å². The van der Waals surface area contributed by atoms with Gasteiger partial charge >= 0.3 is 12.1 Å². The number of carbonyl (C=O) groups is 1. The molecule has 0 bridgehead atoms. The molecule has 1 amide bonds. The number of benzene rings is 2. The zero-order valence-corrected chi connectivity index (χ0v) is 19.7. The molecule has 0 aromatic heterocycles. The van der Waals surface area contributed by atoms with Gasteiger partial charge in [0.05, 0.1) is 4.90 Å². The van der Waals surface area contributed by atoms with E-state index in [-0.39, 0.29) is 37.5 Å². The van der Waals surface area contributed by atoms with Crippen molar-refractivity contribution >= 4 is 37.4 Å². The summed E-state index contributed by atoms with van der Waals surface area (Å²) in [4.78, 5) is 8.98. The van der Waals surface area contributed by atoms with E-state index in [2.05, 4.69) is 0 Å². The van der Waals surface area contributed by atoms with E-state index in [1.54, 1.807) is 5.32 Å². The highest BCUT2D eigenvalue weighted by atomic mass is 35.5. The lowest BCUT2D eigenvalue weighted by atomic mass is 9.98. The monoisotopic (exact) mass is 542 g/mol. The Hall–Kier alpha value is -2.22. The Morgan fingerprint density at radius 1 is 1.00 bits per heavy atom. The van der Waals surface area contributed by atoms with E-state index in [0.717, 1.165) is 28.6 Å². The first-order chi connectivity index (χ1) is 15.7. The summed E-state index contributed by atoms with van der Waals surface area (Å²) in [5, 5.41) is 1.70. The first-order valence-corrected chi connectivity index (χ1v) is 13.2. The summed E-state index contributed by atoms with van der Waals surface area (Å²) >= 11 is 5.92. The molecule has 1 saturated heterocycles. The molecule has 1 fully saturated rings. The number of amides is 1. The van der Waals surface area contributed by atoms with Crippen LogP contribution in [0.4, 0.5) is 17.6 Å². The van der Waals surface area contributed by atoms with Crippen molar-refractivity contribution in [2.24, 2.45) is 5.92 Å². The zero-order chi connectivity index (χ0) is 25.3. The number of halogens is 5. The van der Waals surface area contributed by atoms with Crippen LogP contribution in [0.1, 0.15) is 12.8 Å². The van der Waals surface area contributed by atoms with Crippen LogP contribution in [0.25, 0.3) is 0 Å². The van der Waals surface area contributed by atoms with Crippen LogP contribution in [0.5, 0.6) is 0 Å². The molecule has 0 radical (unpaired) electrons. The minimum Gasteiger partial charge on any atom is -0.348 e. The molecule has 0 unspecified atom stereocenters. The van der Waals surface area contributed by atoms with E-state index in [1.807, 2.05) is 0 Å². The Bertz CT molecular complexity index is 1290. The molecule has 1 heterocycles. The van der Waals surface area contributed by atoms with E-state index < -0.39 is 58.4 Å². The molecule has 14 heteroatoms. The second kappa shape index (κ2) is 9.80. The first-order valence-electron chi connectivity index (χ1n) is 9.89. The lowest BCUT2D eigenvalue weighted by molar-refractivity contribution is -0.173. The smallest absolute Gasteiger partial charge is 0.348 e. The maximum absolute atomic E-state index is 14.2. The lowest BCUT2D eigenvalue weighted by Gasteiger charge is -2.31. The number of nitrogens with zero attached hydrogens (tertiary/aromatic N) is 1. The summed E-state index contributed by atoms with van der Waals surface area (Å²) in [5.74, 6) is -3.54. The summed E-state index contributed by atoms with van der Waals surface area (Å²) in [7, 11) is -8.99. The third kappa shape index (κ3) is 5.53. The molecule has 7 nitrogen and oxygen atoms in total. The van der Waals surface area contributed by atoms with Crippen LogP contribution >= 0.6 is 11.6 Å². The van der Waals surface area contributed by atoms with Crippen molar-refractivity contribution in [2.45, 2.75) is 33.7 Å². The molecule has 0 spiro atoms. The number of sulfonamides is 1. The second-order valence-corrected chi connectivity index (χ2v) is 11.8. The summed E-state index contributed by atoms with van der Waals surface area (Å²) in [6.07, 6.45) is -4.74. The van der Waals surface area contributed by atoms with Crippen LogP contribution < -0.4 is 5.32 Å². The predicted molar refractivity (Wildman–Crippen MR) is 114 cm³/mol. The highest BCUT2D eigenvalue weighted by molar-refractivity contribution is 7.93. The number of piperidine rings is 1. The van der Waals surface area contributed by atoms with Crippen molar-refractivity contribution in [1.82, 2.24) is 9.62 Å². The predicted octanol–water partition coefficient (Wildman–Crippen LogP) is 3.39. The Balaban J connectivity index is 1.85. The highest BCUT2D eigenvalue weighted by Crippen LogP contribution is 2.34. The van der Waals surface area contributed by atoms with Crippen molar-refractivity contribution in [2.75, 3.05) is 19.6 Å². The van der Waals surface area contributed by atoms with E-state index >= 15 is 0 Å². The molecular weight excluding hydrogens is 524 g/mol. The van der Waals surface area contributed by atoms with Crippen LogP contribution in [0.3, 0.4) is 0 Å². The van der Waals surface area contributed by atoms with Crippen LogP contribution in [0, 0.1) is 11.7 Å². The van der Waals surface area contributed by atoms with Crippen molar-refractivity contribution in [3.63, 3.8) is 0 Å². The van der Waals surface area contributed by atoms with Gasteiger partial charge in [-0.2, -0.15) is 17.5 Å². The van der Waals surface area contributed by atoms with Gasteiger partial charge in [-0.25, -0.2) is 21.2 Å². The van der Waals surface area contributed by atoms with E-state index in [1.165, 1.54) is 18.2 Å². The Morgan fingerprint density at radius 2 is 1.62 bits per heavy atom. The molecule has 34 heavy (non-hydrogen) atoms. The summed E-state index contributed by atoms with van der Waals surface area (Å²) < 4.78 is 105. The molecular formula is C20H19ClF4N2O5S2. The van der Waals surface area contributed by atoms with Gasteiger partial charge in [-0.3, -0.25) is 4.79 Å². The normalized spacial score (nSPS) is 16.4. The quantitative estimate of drug-likeness (QED) is 0.564. The van der Waals surface area contributed by atoms with Crippen LogP contribution in [-0.2, 0) is 24.7 Å². The van der Waals surface area contributed by atoms with Gasteiger partial charge in [0, 0.05) is 24.7 Å². The maximum Gasteiger partial charge on any atom is 0.471 e. The Kier molecular flexibility index (Phi) is 7.60. The Labute approximate surface area is 198 Å². The lowest BCUT2D eigenvalue weighted by Crippen LogP contribution is -2.44. The van der Waals surface area contributed by atoms with Crippen molar-refractivity contribution in [3.05, 3.63) is 53.3 Å². The van der Waals surface area contributed by atoms with Crippen molar-refractivity contribution in [1.29, 1.82) is 0 Å². The fraction of sp³-hybridized carbons (Fsp3) is 0.350. The maximum atomic E-state index is 14.2. The fourth-order valence-electron chi connectivity index (χ4n) is 3.52. The largest absolute Gasteiger partial charge is 0.471 e. The SMILES string of the molecule is O=C(NCC1CCN(S(=O)(=O)c2ccc(Cl)cc2S(=O)(=O)c2ccccc2F)CC1)C(F)(F)F. The number of sulfone groups is 1. The summed E-state index contributed by atoms with van der Waals surface area (Å²) in [5.41, 5.74) is 0. The number of carbonyl (C=O) groups excluding carboxylic acids is 1. The molecule has 3 rings (SSSR count). The van der Waals surface area contributed by atoms with Gasteiger partial charge in [-0.05, 0) is 49.1 Å². The highest BCUT2D eigenvalue weighted by Gasteiger charge is 2.39. The van der Waals surface area contributed by atoms with Gasteiger partial charge in [0.2, 0.25) is 19.9 Å². The molecule has 1 aliphatic rings. The van der Waals surface area contributed by atoms with Gasteiger partial charge in [0.1, 0.15) is 15.6 Å². The average Bonchev–Trinajstić information content (AvgIpc) is 2.77. The Morgan fingerprint density at radius 3 is 2.21 bits per heavy atom. The number of alkyl halides is 3. The van der Waals surface area contributed by atoms with Crippen LogP contribution in [0.15, 0.2) is 57.2 Å². The zero-order valence-electron chi connectivity index (χ0n) is 17.3. The summed E-state index contributed by atoms with van der Waals surface area (Å²) in [6, 6.07) is 7.63. The van der Waals surface area contributed by atoms with Gasteiger partial charge in [-0.1, -0.05) is 23.7 Å². The molecule has 0 aliphatic carbocycles. The molecule has 2 aromatic carbocycles. The molecule has 1 N–H and O–H groups in total. The van der Waals surface area contributed by atoms with Gasteiger partial charge in [0.15, 0.2) is 0 Å². The van der Waals surface area contributed by atoms with Crippen LogP contribution in [0.2, 0.25) is 5.02 Å². The number of hydrogen-bond donors (Lipinski definition) is 1. The van der Waals surface area contributed by atoms with E-state index in [9.17, 15) is 39.2 Å². The first kappa shape index (κ1) is 26.4. The minimum atomic E-state index is -5.02. The van der Waals surface area contributed by atoms with Crippen molar-refractivity contribution < 1.29 is 39.2 Å². The molecule has 0 saturated carbocycles. The minimum absolute atomic E-state index is 0.0759. The topological polar surface area (TPSA) is 101 Å². The molecule has 186 valence electrons. The van der Waals surface area contributed by atoms with Crippen LogP contribution in [-0.4, -0.2) is 52.9 Å². The second-order valence-electron chi connectivity index (χ2n) is 7.58. The van der Waals surface area contributed by atoms with E-state index in [4.69, 9.17) is 11.6 Å². The molecule has 1 aliphatic heterocycles. The number of nitrogens with one attached hydrogen (secondary N) is 1. The number of hydrogen-bond acceptors (Lipinski definition) is 5. The fourth-order valence-corrected chi connectivity index (χ4v) is 7.36. The van der Waals surface area contributed by atoms with Gasteiger partial charge in [-0.15, -0.1) is 0 Å². The molecule has 0 atom stereocenters. The third-order valence-corrected chi connectivity index (χ3v) is 9.47.